The molecule has 0 saturated heterocycles. The van der Waals surface area contributed by atoms with Crippen molar-refractivity contribution in [3.05, 3.63) is 34.9 Å². The van der Waals surface area contributed by atoms with E-state index in [1.807, 2.05) is 0 Å². The molecule has 0 fully saturated rings. The van der Waals surface area contributed by atoms with Gasteiger partial charge in [-0.1, -0.05) is 43.9 Å². The van der Waals surface area contributed by atoms with Crippen molar-refractivity contribution in [3.8, 4) is 0 Å². The molecule has 2 rings (SSSR count). The van der Waals surface area contributed by atoms with Gasteiger partial charge in [-0.15, -0.1) is 0 Å². The minimum Gasteiger partial charge on any atom is -0.0617 e. The normalized spacial score (nSPS) is 18.2. The van der Waals surface area contributed by atoms with E-state index in [1.165, 1.54) is 56.9 Å². The largest absolute Gasteiger partial charge is 0.0617 e. The maximum absolute atomic E-state index is 2.34. The summed E-state index contributed by atoms with van der Waals surface area (Å²) < 4.78 is 0. The summed E-state index contributed by atoms with van der Waals surface area (Å²) in [5.41, 5.74) is 4.78. The van der Waals surface area contributed by atoms with Gasteiger partial charge in [0.25, 0.3) is 0 Å². The van der Waals surface area contributed by atoms with Crippen molar-refractivity contribution in [2.24, 2.45) is 0 Å². The third kappa shape index (κ3) is 2.84. The molecule has 0 aromatic heterocycles. The van der Waals surface area contributed by atoms with Crippen LogP contribution in [0.25, 0.3) is 0 Å². The van der Waals surface area contributed by atoms with Crippen LogP contribution in [0.4, 0.5) is 0 Å². The minimum atomic E-state index is 1.30. The van der Waals surface area contributed by atoms with Gasteiger partial charge < -0.3 is 0 Å². The summed E-state index contributed by atoms with van der Waals surface area (Å²) in [5, 5.41) is 0. The first-order valence-electron chi connectivity index (χ1n) is 6.45. The molecule has 0 amide bonds. The fourth-order valence-electron chi connectivity index (χ4n) is 2.68. The molecule has 1 aromatic rings. The summed E-state index contributed by atoms with van der Waals surface area (Å²) in [6, 6.07) is 6.83. The van der Waals surface area contributed by atoms with Crippen LogP contribution >= 0.6 is 0 Å². The minimum absolute atomic E-state index is 1.30. The molecule has 1 aliphatic carbocycles. The van der Waals surface area contributed by atoms with Crippen molar-refractivity contribution in [2.75, 3.05) is 0 Å². The van der Waals surface area contributed by atoms with Gasteiger partial charge in [-0.3, -0.25) is 0 Å². The first-order chi connectivity index (χ1) is 7.38. The van der Waals surface area contributed by atoms with E-state index in [0.29, 0.717) is 0 Å². The zero-order chi connectivity index (χ0) is 10.5. The zero-order valence-corrected chi connectivity index (χ0v) is 9.89. The first kappa shape index (κ1) is 10.7. The summed E-state index contributed by atoms with van der Waals surface area (Å²) in [4.78, 5) is 0. The highest BCUT2D eigenvalue weighted by molar-refractivity contribution is 5.34. The molecule has 0 nitrogen and oxygen atoms in total. The maximum Gasteiger partial charge on any atom is -0.0274 e. The van der Waals surface area contributed by atoms with Gasteiger partial charge in [0, 0.05) is 0 Å². The van der Waals surface area contributed by atoms with Crippen molar-refractivity contribution in [1.29, 1.82) is 0 Å². The second-order valence-electron chi connectivity index (χ2n) is 4.83. The molecule has 1 aromatic carbocycles. The molecule has 0 unspecified atom stereocenters. The van der Waals surface area contributed by atoms with Crippen molar-refractivity contribution < 1.29 is 0 Å². The lowest BCUT2D eigenvalue weighted by Gasteiger charge is -2.14. The summed E-state index contributed by atoms with van der Waals surface area (Å²) >= 11 is 0. The van der Waals surface area contributed by atoms with Crippen LogP contribution in [0.3, 0.4) is 0 Å². The number of hydrogen-bond donors (Lipinski definition) is 0. The average molecular weight is 202 g/mol. The van der Waals surface area contributed by atoms with Crippen molar-refractivity contribution in [1.82, 2.24) is 0 Å². The Morgan fingerprint density at radius 3 is 2.27 bits per heavy atom. The third-order valence-electron chi connectivity index (χ3n) is 3.63. The van der Waals surface area contributed by atoms with Gasteiger partial charge in [0.2, 0.25) is 0 Å². The second kappa shape index (κ2) is 5.34. The molecule has 82 valence electrons. The predicted molar refractivity (Wildman–Crippen MR) is 66.3 cm³/mol. The molecule has 0 N–H and O–H groups in total. The average Bonchev–Trinajstić information content (AvgIpc) is 2.26. The molecule has 0 spiro atoms. The quantitative estimate of drug-likeness (QED) is 0.583. The van der Waals surface area contributed by atoms with Crippen molar-refractivity contribution in [2.45, 2.75) is 58.3 Å². The highest BCUT2D eigenvalue weighted by atomic mass is 14.1. The number of hydrogen-bond acceptors (Lipinski definition) is 0. The van der Waals surface area contributed by atoms with Crippen LogP contribution < -0.4 is 0 Å². The number of rotatable bonds is 0. The second-order valence-corrected chi connectivity index (χ2v) is 4.83. The molecule has 0 radical (unpaired) electrons. The Kier molecular flexibility index (Phi) is 3.82. The van der Waals surface area contributed by atoms with E-state index < -0.39 is 0 Å². The Balaban J connectivity index is 2.19. The Labute approximate surface area is 93.7 Å². The SMILES string of the molecule is Cc1cccc2c1CCCCCCCC2. The summed E-state index contributed by atoms with van der Waals surface area (Å²) in [6.07, 6.45) is 11.1. The van der Waals surface area contributed by atoms with Crippen molar-refractivity contribution >= 4 is 0 Å². The van der Waals surface area contributed by atoms with Crippen LogP contribution in [-0.4, -0.2) is 0 Å². The number of fused-ring (bicyclic) bond motifs is 1. The lowest BCUT2D eigenvalue weighted by Crippen LogP contribution is -2.00. The Hall–Kier alpha value is -0.780. The Bertz CT molecular complexity index is 312. The summed E-state index contributed by atoms with van der Waals surface area (Å²) in [7, 11) is 0. The van der Waals surface area contributed by atoms with Crippen LogP contribution in [-0.2, 0) is 12.8 Å². The van der Waals surface area contributed by atoms with Gasteiger partial charge in [-0.2, -0.15) is 0 Å². The fraction of sp³-hybridized carbons (Fsp3) is 0.600. The summed E-state index contributed by atoms with van der Waals surface area (Å²) in [5.74, 6) is 0. The van der Waals surface area contributed by atoms with Gasteiger partial charge in [-0.25, -0.2) is 0 Å². The van der Waals surface area contributed by atoms with E-state index in [4.69, 9.17) is 0 Å². The monoisotopic (exact) mass is 202 g/mol. The molecule has 15 heavy (non-hydrogen) atoms. The molecular formula is C15H22. The first-order valence-corrected chi connectivity index (χ1v) is 6.45. The highest BCUT2D eigenvalue weighted by Gasteiger charge is 2.06. The Morgan fingerprint density at radius 1 is 0.800 bits per heavy atom. The summed E-state index contributed by atoms with van der Waals surface area (Å²) in [6.45, 7) is 2.27. The molecule has 0 aliphatic heterocycles. The molecule has 0 heterocycles. The zero-order valence-electron chi connectivity index (χ0n) is 9.89. The lowest BCUT2D eigenvalue weighted by molar-refractivity contribution is 0.580. The number of benzene rings is 1. The standard InChI is InChI=1S/C15H22/c1-13-9-8-11-14-10-6-4-2-3-5-7-12-15(13)14/h8-9,11H,2-7,10,12H2,1H3. The van der Waals surface area contributed by atoms with Gasteiger partial charge >= 0.3 is 0 Å². The van der Waals surface area contributed by atoms with Crippen LogP contribution in [0, 0.1) is 6.92 Å². The number of aryl methyl sites for hydroxylation is 2. The van der Waals surface area contributed by atoms with Gasteiger partial charge in [-0.05, 0) is 49.3 Å². The lowest BCUT2D eigenvalue weighted by atomic mass is 9.91. The van der Waals surface area contributed by atoms with Crippen LogP contribution in [0.1, 0.15) is 55.2 Å². The molecule has 0 saturated carbocycles. The Morgan fingerprint density at radius 2 is 1.47 bits per heavy atom. The van der Waals surface area contributed by atoms with Crippen LogP contribution in [0.5, 0.6) is 0 Å². The van der Waals surface area contributed by atoms with Crippen LogP contribution in [0.2, 0.25) is 0 Å². The topological polar surface area (TPSA) is 0 Å². The van der Waals surface area contributed by atoms with E-state index in [0.717, 1.165) is 0 Å². The molecule has 0 atom stereocenters. The smallest absolute Gasteiger partial charge is 0.0274 e. The maximum atomic E-state index is 2.34. The highest BCUT2D eigenvalue weighted by Crippen LogP contribution is 2.22. The molecule has 0 bridgehead atoms. The van der Waals surface area contributed by atoms with E-state index in [2.05, 4.69) is 25.1 Å². The molecule has 0 heteroatoms. The van der Waals surface area contributed by atoms with Crippen LogP contribution in [0.15, 0.2) is 18.2 Å². The van der Waals surface area contributed by atoms with Gasteiger partial charge in [0.15, 0.2) is 0 Å². The predicted octanol–water partition coefficient (Wildman–Crippen LogP) is 4.43. The fourth-order valence-corrected chi connectivity index (χ4v) is 2.68. The molecule has 1 aliphatic rings. The van der Waals surface area contributed by atoms with E-state index >= 15 is 0 Å². The molecular weight excluding hydrogens is 180 g/mol. The van der Waals surface area contributed by atoms with E-state index in [-0.39, 0.29) is 0 Å². The third-order valence-corrected chi connectivity index (χ3v) is 3.63. The van der Waals surface area contributed by atoms with Crippen molar-refractivity contribution in [3.63, 3.8) is 0 Å². The van der Waals surface area contributed by atoms with E-state index in [1.54, 1.807) is 11.1 Å². The van der Waals surface area contributed by atoms with E-state index in [9.17, 15) is 0 Å². The van der Waals surface area contributed by atoms with Gasteiger partial charge in [0.05, 0.1) is 0 Å². The van der Waals surface area contributed by atoms with Gasteiger partial charge in [0.1, 0.15) is 0 Å².